The molecule has 8 rings (SSSR count). The maximum atomic E-state index is 12.5. The number of hydrogen-bond donors (Lipinski definition) is 9. The number of nitrogen functional groups attached to an aromatic ring is 2. The Hall–Kier alpha value is -6.30. The van der Waals surface area contributed by atoms with Crippen molar-refractivity contribution in [3.8, 4) is 0 Å². The van der Waals surface area contributed by atoms with Crippen LogP contribution in [0.2, 0.25) is 0 Å². The first kappa shape index (κ1) is 58.4. The van der Waals surface area contributed by atoms with Crippen molar-refractivity contribution in [2.75, 3.05) is 55.3 Å². The summed E-state index contributed by atoms with van der Waals surface area (Å²) in [5.74, 6) is -0.00285. The minimum Gasteiger partial charge on any atom is -0.397 e. The number of likely N-dealkylation sites (N-methyl/N-ethyl adjacent to an activating group) is 1. The predicted octanol–water partition coefficient (Wildman–Crippen LogP) is 5.91. The van der Waals surface area contributed by atoms with E-state index in [2.05, 4.69) is 108 Å². The van der Waals surface area contributed by atoms with Crippen molar-refractivity contribution in [3.63, 3.8) is 0 Å². The first-order valence-corrected chi connectivity index (χ1v) is 26.6. The summed E-state index contributed by atoms with van der Waals surface area (Å²) in [5, 5.41) is 51.7. The number of nitrogens with one attached hydrogen (secondary N) is 3. The largest absolute Gasteiger partial charge is 0.397 e. The number of ether oxygens (including phenoxy) is 2. The zero-order valence-corrected chi connectivity index (χ0v) is 46.2. The van der Waals surface area contributed by atoms with Crippen molar-refractivity contribution < 1.29 is 39.5 Å². The Morgan fingerprint density at radius 2 is 1.12 bits per heavy atom. The van der Waals surface area contributed by atoms with Crippen molar-refractivity contribution in [2.45, 2.75) is 160 Å². The van der Waals surface area contributed by atoms with Crippen LogP contribution in [0.15, 0.2) is 85.7 Å². The molecule has 418 valence electrons. The van der Waals surface area contributed by atoms with Gasteiger partial charge in [-0.25, -0.2) is 24.7 Å². The lowest BCUT2D eigenvalue weighted by Crippen LogP contribution is -2.43. The molecule has 2 saturated heterocycles. The zero-order chi connectivity index (χ0) is 55.9. The van der Waals surface area contributed by atoms with Gasteiger partial charge in [0.2, 0.25) is 5.91 Å². The number of hydrogen-bond acceptors (Lipinski definition) is 16. The highest BCUT2D eigenvalue weighted by molar-refractivity contribution is 5.91. The van der Waals surface area contributed by atoms with E-state index in [9.17, 15) is 30.0 Å². The summed E-state index contributed by atoms with van der Waals surface area (Å²) >= 11 is 0. The van der Waals surface area contributed by atoms with Gasteiger partial charge in [0.1, 0.15) is 47.7 Å². The standard InChI is InChI=1S/C29H42N6O4.C27H39N7O4/c1-18(2)34(15-7-6-8-23(36)33-20-11-9-19(10-12-20)29(3,4)5)16-22-25(37)26(38)28(39-22)35-17-32-24-21(30)13-14-31-27(24)35;1-16(31-26(37)32-18-8-6-17(7-9-18)27(2,3)4)11-13-33(5)14-20-22(35)23(36)25(38-20)34-15-30-21-19(28)10-12-29-24(21)34/h9-14,17-18,22,25-26,28,37-38H,6-8,15-16H2,1-5H3,(H2,30,31)(H,33,36);6-10,12,15-16,20,22-23,25,35-36H,11,13-14H2,1-5H3,(H2,28,29)(H2,31,32,37)/t22-,25-,26-,28-;16-,20+,22+,23+,25+/m10/s1. The number of pyridine rings is 2. The van der Waals surface area contributed by atoms with E-state index >= 15 is 0 Å². The Morgan fingerprint density at radius 1 is 0.649 bits per heavy atom. The van der Waals surface area contributed by atoms with Gasteiger partial charge in [-0.2, -0.15) is 0 Å². The quantitative estimate of drug-likeness (QED) is 0.0452. The van der Waals surface area contributed by atoms with Gasteiger partial charge in [-0.05, 0) is 119 Å². The Balaban J connectivity index is 0.000000224. The van der Waals surface area contributed by atoms with Gasteiger partial charge in [-0.1, -0.05) is 65.8 Å². The van der Waals surface area contributed by atoms with Crippen molar-refractivity contribution in [2.24, 2.45) is 0 Å². The molecule has 11 N–H and O–H groups in total. The lowest BCUT2D eigenvalue weighted by atomic mass is 9.87. The van der Waals surface area contributed by atoms with Crippen LogP contribution in [-0.4, -0.2) is 153 Å². The SMILES string of the molecule is CC(C)N(CCCCC(=O)Nc1ccc(C(C)(C)C)cc1)C[C@H]1O[C@@H](n2cnc3c(N)ccnc32)[C@H](O)[C@@H]1O.C[C@@H](CCN(C)C[C@H]1O[C@@H](n2cnc3c(N)ccnc32)[C@H](O)[C@@H]1O)NC(=O)Nc1ccc(C(C)(C)C)cc1. The molecule has 2 aromatic carbocycles. The van der Waals surface area contributed by atoms with Gasteiger partial charge in [-0.3, -0.25) is 18.8 Å². The monoisotopic (exact) mass is 1060 g/mol. The van der Waals surface area contributed by atoms with Crippen LogP contribution < -0.4 is 27.4 Å². The highest BCUT2D eigenvalue weighted by Gasteiger charge is 2.46. The molecule has 21 heteroatoms. The van der Waals surface area contributed by atoms with Crippen LogP contribution in [0, 0.1) is 0 Å². The lowest BCUT2D eigenvalue weighted by molar-refractivity contribution is -0.116. The topological polar surface area (TPSA) is 290 Å². The second kappa shape index (κ2) is 25.0. The summed E-state index contributed by atoms with van der Waals surface area (Å²) < 4.78 is 15.4. The van der Waals surface area contributed by atoms with Crippen LogP contribution >= 0.6 is 0 Å². The molecule has 2 aliphatic rings. The molecule has 2 fully saturated rings. The van der Waals surface area contributed by atoms with E-state index < -0.39 is 49.1 Å². The number of unbranched alkanes of at least 4 members (excludes halogenated alkanes) is 1. The number of nitrogens with zero attached hydrogens (tertiary/aromatic N) is 8. The first-order chi connectivity index (χ1) is 36.4. The maximum absolute atomic E-state index is 12.5. The minimum absolute atomic E-state index is 0.00285. The molecule has 0 aliphatic carbocycles. The Labute approximate surface area is 451 Å². The molecule has 3 amide bonds. The lowest BCUT2D eigenvalue weighted by Gasteiger charge is -2.30. The minimum atomic E-state index is -1.14. The molecule has 77 heavy (non-hydrogen) atoms. The number of imidazole rings is 2. The predicted molar refractivity (Wildman–Crippen MR) is 299 cm³/mol. The molecular weight excluding hydrogens is 983 g/mol. The number of benzene rings is 2. The van der Waals surface area contributed by atoms with Crippen molar-refractivity contribution >= 4 is 57.0 Å². The number of aromatic nitrogens is 6. The molecule has 0 unspecified atom stereocenters. The van der Waals surface area contributed by atoms with Gasteiger partial charge in [0, 0.05) is 55.4 Å². The number of carbonyl (C=O) groups excluding carboxylic acids is 2. The number of carbonyl (C=O) groups is 2. The number of aliphatic hydroxyl groups excluding tert-OH is 4. The van der Waals surface area contributed by atoms with Crippen molar-refractivity contribution in [3.05, 3.63) is 96.8 Å². The van der Waals surface area contributed by atoms with E-state index in [0.29, 0.717) is 66.2 Å². The third-order valence-electron chi connectivity index (χ3n) is 14.3. The normalized spacial score (nSPS) is 22.2. The van der Waals surface area contributed by atoms with Crippen LogP contribution in [0.3, 0.4) is 0 Å². The third-order valence-corrected chi connectivity index (χ3v) is 14.3. The van der Waals surface area contributed by atoms with Crippen LogP contribution in [0.4, 0.5) is 27.5 Å². The zero-order valence-electron chi connectivity index (χ0n) is 46.2. The Kier molecular flexibility index (Phi) is 19.0. The third kappa shape index (κ3) is 14.6. The molecule has 4 aromatic heterocycles. The van der Waals surface area contributed by atoms with Gasteiger partial charge >= 0.3 is 6.03 Å². The number of aliphatic hydroxyl groups is 4. The molecule has 9 atom stereocenters. The second-order valence-electron chi connectivity index (χ2n) is 22.8. The number of urea groups is 1. The average Bonchev–Trinajstić information content (AvgIpc) is 4.15. The smallest absolute Gasteiger partial charge is 0.319 e. The summed E-state index contributed by atoms with van der Waals surface area (Å²) in [6.07, 6.45) is 1.59. The summed E-state index contributed by atoms with van der Waals surface area (Å²) in [7, 11) is 1.91. The Morgan fingerprint density at radius 3 is 1.58 bits per heavy atom. The average molecular weight is 1060 g/mol. The van der Waals surface area contributed by atoms with Crippen LogP contribution in [0.1, 0.15) is 112 Å². The number of nitrogens with two attached hydrogens (primary N) is 2. The molecule has 0 radical (unpaired) electrons. The van der Waals surface area contributed by atoms with Gasteiger partial charge in [0.25, 0.3) is 0 Å². The van der Waals surface area contributed by atoms with Crippen LogP contribution in [0.25, 0.3) is 22.3 Å². The summed E-state index contributed by atoms with van der Waals surface area (Å²) in [6.45, 7) is 21.3. The summed E-state index contributed by atoms with van der Waals surface area (Å²) in [5.41, 5.74) is 19.1. The maximum Gasteiger partial charge on any atom is 0.319 e. The number of fused-ring (bicyclic) bond motifs is 2. The van der Waals surface area contributed by atoms with Crippen LogP contribution in [-0.2, 0) is 25.1 Å². The fourth-order valence-electron chi connectivity index (χ4n) is 9.50. The highest BCUT2D eigenvalue weighted by atomic mass is 16.6. The number of amides is 3. The molecule has 21 nitrogen and oxygen atoms in total. The molecule has 0 spiro atoms. The van der Waals surface area contributed by atoms with Crippen LogP contribution in [0.5, 0.6) is 0 Å². The fraction of sp³-hybridized carbons (Fsp3) is 0.536. The van der Waals surface area contributed by atoms with Crippen molar-refractivity contribution in [1.29, 1.82) is 0 Å². The van der Waals surface area contributed by atoms with E-state index in [0.717, 1.165) is 30.8 Å². The van der Waals surface area contributed by atoms with Gasteiger partial charge < -0.3 is 62.2 Å². The van der Waals surface area contributed by atoms with E-state index in [1.165, 1.54) is 23.8 Å². The molecular formula is C56H81N13O8. The van der Waals surface area contributed by atoms with Gasteiger partial charge in [0.05, 0.1) is 24.0 Å². The highest BCUT2D eigenvalue weighted by Crippen LogP contribution is 2.35. The fourth-order valence-corrected chi connectivity index (χ4v) is 9.50. The Bertz CT molecular complexity index is 2880. The van der Waals surface area contributed by atoms with Crippen molar-refractivity contribution in [1.82, 2.24) is 44.2 Å². The number of rotatable bonds is 18. The molecule has 0 saturated carbocycles. The van der Waals surface area contributed by atoms with E-state index in [1.54, 1.807) is 33.7 Å². The van der Waals surface area contributed by atoms with E-state index in [4.69, 9.17) is 20.9 Å². The molecule has 0 bridgehead atoms. The summed E-state index contributed by atoms with van der Waals surface area (Å²) in [6, 6.07) is 19.1. The number of anilines is 4. The second-order valence-corrected chi connectivity index (χ2v) is 22.8. The molecule has 2 aliphatic heterocycles. The first-order valence-electron chi connectivity index (χ1n) is 26.6. The molecule has 6 aromatic rings. The van der Waals surface area contributed by atoms with E-state index in [1.807, 2.05) is 55.3 Å². The van der Waals surface area contributed by atoms with E-state index in [-0.39, 0.29) is 34.9 Å². The van der Waals surface area contributed by atoms with Gasteiger partial charge in [0.15, 0.2) is 23.8 Å². The molecule has 6 heterocycles. The van der Waals surface area contributed by atoms with Gasteiger partial charge in [-0.15, -0.1) is 0 Å². The summed E-state index contributed by atoms with van der Waals surface area (Å²) in [4.78, 5) is 46.3.